The molecule has 0 bridgehead atoms. The van der Waals surface area contributed by atoms with Crippen LogP contribution in [0.3, 0.4) is 0 Å². The molecule has 1 N–H and O–H groups in total. The van der Waals surface area contributed by atoms with E-state index in [4.69, 9.17) is 4.74 Å². The topological polar surface area (TPSA) is 58.6 Å². The summed E-state index contributed by atoms with van der Waals surface area (Å²) in [6.07, 6.45) is 6.74. The fraction of sp³-hybridized carbons (Fsp3) is 0.304. The summed E-state index contributed by atoms with van der Waals surface area (Å²) < 4.78 is 19.8. The van der Waals surface area contributed by atoms with Crippen LogP contribution in [-0.2, 0) is 9.59 Å². The van der Waals surface area contributed by atoms with Gasteiger partial charge >= 0.3 is 0 Å². The molecule has 1 saturated carbocycles. The van der Waals surface area contributed by atoms with Gasteiger partial charge in [0.05, 0.1) is 5.69 Å². The van der Waals surface area contributed by atoms with Gasteiger partial charge in [-0.3, -0.25) is 14.5 Å². The van der Waals surface area contributed by atoms with E-state index in [2.05, 4.69) is 5.32 Å². The van der Waals surface area contributed by atoms with Crippen LogP contribution in [0.1, 0.15) is 37.7 Å². The molecule has 1 aliphatic heterocycles. The zero-order valence-electron chi connectivity index (χ0n) is 16.1. The lowest BCUT2D eigenvalue weighted by Crippen LogP contribution is -2.47. The van der Waals surface area contributed by atoms with Gasteiger partial charge in [0, 0.05) is 11.6 Å². The molecule has 0 unspecified atom stereocenters. The zero-order valence-corrected chi connectivity index (χ0v) is 16.1. The van der Waals surface area contributed by atoms with Crippen LogP contribution in [0.2, 0.25) is 0 Å². The van der Waals surface area contributed by atoms with Crippen LogP contribution in [0.5, 0.6) is 5.75 Å². The van der Waals surface area contributed by atoms with Gasteiger partial charge in [-0.2, -0.15) is 0 Å². The van der Waals surface area contributed by atoms with Gasteiger partial charge < -0.3 is 10.1 Å². The number of anilines is 1. The van der Waals surface area contributed by atoms with Gasteiger partial charge in [0.1, 0.15) is 12.4 Å². The molecule has 2 aliphatic rings. The lowest BCUT2D eigenvalue weighted by Gasteiger charge is -2.31. The predicted octanol–water partition coefficient (Wildman–Crippen LogP) is 4.04. The van der Waals surface area contributed by atoms with Crippen molar-refractivity contribution in [1.82, 2.24) is 5.32 Å². The number of hydrogen-bond donors (Lipinski definition) is 1. The van der Waals surface area contributed by atoms with Crippen LogP contribution < -0.4 is 15.0 Å². The van der Waals surface area contributed by atoms with Crippen molar-refractivity contribution in [3.05, 3.63) is 65.7 Å². The van der Waals surface area contributed by atoms with E-state index in [-0.39, 0.29) is 29.8 Å². The zero-order chi connectivity index (χ0) is 20.2. The van der Waals surface area contributed by atoms with Crippen molar-refractivity contribution in [2.24, 2.45) is 0 Å². The number of amides is 2. The van der Waals surface area contributed by atoms with Crippen LogP contribution in [0.25, 0.3) is 6.08 Å². The molecule has 6 heteroatoms. The molecule has 0 aromatic heterocycles. The molecule has 2 aromatic carbocycles. The number of para-hydroxylation sites is 2. The lowest BCUT2D eigenvalue weighted by molar-refractivity contribution is -0.124. The molecule has 0 radical (unpaired) electrons. The minimum atomic E-state index is -0.467. The molecule has 29 heavy (non-hydrogen) atoms. The number of rotatable bonds is 4. The summed E-state index contributed by atoms with van der Waals surface area (Å²) in [4.78, 5) is 27.1. The van der Waals surface area contributed by atoms with Gasteiger partial charge in [0.25, 0.3) is 5.91 Å². The van der Waals surface area contributed by atoms with E-state index in [1.54, 1.807) is 42.5 Å². The van der Waals surface area contributed by atoms with E-state index in [1.807, 2.05) is 0 Å². The summed E-state index contributed by atoms with van der Waals surface area (Å²) in [5, 5.41) is 3.04. The highest BCUT2D eigenvalue weighted by Crippen LogP contribution is 2.35. The number of nitrogens with one attached hydrogen (secondary N) is 1. The second-order valence-electron chi connectivity index (χ2n) is 7.39. The van der Waals surface area contributed by atoms with Crippen LogP contribution in [-0.4, -0.2) is 24.4 Å². The molecular formula is C23H23FN2O3. The smallest absolute Gasteiger partial charge is 0.294 e. The Morgan fingerprint density at radius 3 is 2.62 bits per heavy atom. The highest BCUT2D eigenvalue weighted by atomic mass is 19.1. The highest BCUT2D eigenvalue weighted by molar-refractivity contribution is 6.12. The Morgan fingerprint density at radius 1 is 1.10 bits per heavy atom. The Labute approximate surface area is 169 Å². The van der Waals surface area contributed by atoms with Crippen LogP contribution in [0, 0.1) is 5.82 Å². The Balaban J connectivity index is 1.59. The molecule has 1 heterocycles. The molecule has 4 rings (SSSR count). The maximum atomic E-state index is 14.0. The number of halogens is 1. The number of benzene rings is 2. The van der Waals surface area contributed by atoms with Crippen molar-refractivity contribution in [2.75, 3.05) is 11.4 Å². The molecule has 150 valence electrons. The molecule has 0 saturated heterocycles. The molecule has 1 aliphatic carbocycles. The number of fused-ring (bicyclic) bond motifs is 1. The largest absolute Gasteiger partial charge is 0.449 e. The second-order valence-corrected chi connectivity index (χ2v) is 7.39. The van der Waals surface area contributed by atoms with Gasteiger partial charge in [-0.1, -0.05) is 49.6 Å². The Morgan fingerprint density at radius 2 is 1.83 bits per heavy atom. The third-order valence-corrected chi connectivity index (χ3v) is 5.30. The third-order valence-electron chi connectivity index (χ3n) is 5.30. The Kier molecular flexibility index (Phi) is 5.60. The van der Waals surface area contributed by atoms with Crippen molar-refractivity contribution in [2.45, 2.75) is 38.1 Å². The summed E-state index contributed by atoms with van der Waals surface area (Å²) >= 11 is 0. The van der Waals surface area contributed by atoms with Gasteiger partial charge in [0.2, 0.25) is 5.91 Å². The molecule has 2 aromatic rings. The summed E-state index contributed by atoms with van der Waals surface area (Å²) in [6.45, 7) is -0.107. The molecule has 0 atom stereocenters. The molecule has 2 amide bonds. The number of nitrogens with zero attached hydrogens (tertiary/aromatic N) is 1. The van der Waals surface area contributed by atoms with Crippen LogP contribution in [0.15, 0.2) is 54.3 Å². The van der Waals surface area contributed by atoms with E-state index >= 15 is 0 Å². The molecule has 5 nitrogen and oxygen atoms in total. The van der Waals surface area contributed by atoms with Gasteiger partial charge in [0.15, 0.2) is 11.5 Å². The monoisotopic (exact) mass is 394 g/mol. The van der Waals surface area contributed by atoms with Crippen molar-refractivity contribution in [1.29, 1.82) is 0 Å². The summed E-state index contributed by atoms with van der Waals surface area (Å²) in [6, 6.07) is 13.4. The average Bonchev–Trinajstić information content (AvgIpc) is 2.73. The first kappa shape index (κ1) is 19.2. The highest BCUT2D eigenvalue weighted by Gasteiger charge is 2.32. The Bertz CT molecular complexity index is 951. The van der Waals surface area contributed by atoms with Crippen molar-refractivity contribution in [3.8, 4) is 5.75 Å². The van der Waals surface area contributed by atoms with Gasteiger partial charge in [-0.15, -0.1) is 0 Å². The lowest BCUT2D eigenvalue weighted by atomic mass is 9.95. The fourth-order valence-corrected chi connectivity index (χ4v) is 3.82. The average molecular weight is 394 g/mol. The van der Waals surface area contributed by atoms with E-state index in [9.17, 15) is 14.0 Å². The maximum absolute atomic E-state index is 14.0. The summed E-state index contributed by atoms with van der Waals surface area (Å²) in [5.41, 5.74) is 0.781. The summed E-state index contributed by atoms with van der Waals surface area (Å²) in [7, 11) is 0. The number of carbonyl (C=O) groups excluding carboxylic acids is 2. The predicted molar refractivity (Wildman–Crippen MR) is 109 cm³/mol. The minimum absolute atomic E-state index is 0.0146. The van der Waals surface area contributed by atoms with E-state index in [0.29, 0.717) is 11.4 Å². The SMILES string of the molecule is O=C(CN1C(=O)C(=Cc2ccccc2F)Oc2ccccc21)NC1CCCCC1. The minimum Gasteiger partial charge on any atom is -0.449 e. The fourth-order valence-electron chi connectivity index (χ4n) is 3.82. The Hall–Kier alpha value is -3.15. The van der Waals surface area contributed by atoms with E-state index in [1.165, 1.54) is 23.5 Å². The van der Waals surface area contributed by atoms with Gasteiger partial charge in [-0.25, -0.2) is 4.39 Å². The van der Waals surface area contributed by atoms with Gasteiger partial charge in [-0.05, 0) is 37.1 Å². The summed E-state index contributed by atoms with van der Waals surface area (Å²) in [5.74, 6) is -0.672. The van der Waals surface area contributed by atoms with E-state index < -0.39 is 11.7 Å². The first-order chi connectivity index (χ1) is 14.1. The maximum Gasteiger partial charge on any atom is 0.294 e. The number of hydrogen-bond acceptors (Lipinski definition) is 3. The van der Waals surface area contributed by atoms with Crippen molar-refractivity contribution >= 4 is 23.6 Å². The second kappa shape index (κ2) is 8.47. The third kappa shape index (κ3) is 4.31. The normalized spacial score (nSPS) is 18.3. The standard InChI is InChI=1S/C23H23FN2O3/c24-18-11-5-4-8-16(18)14-21-23(28)26(19-12-6-7-13-20(19)29-21)15-22(27)25-17-9-2-1-3-10-17/h4-8,11-14,17H,1-3,9-10,15H2,(H,25,27). The van der Waals surface area contributed by atoms with Crippen LogP contribution >= 0.6 is 0 Å². The number of ether oxygens (including phenoxy) is 1. The first-order valence-corrected chi connectivity index (χ1v) is 9.96. The molecule has 0 spiro atoms. The van der Waals surface area contributed by atoms with Crippen LogP contribution in [0.4, 0.5) is 10.1 Å². The number of carbonyl (C=O) groups is 2. The molecular weight excluding hydrogens is 371 g/mol. The first-order valence-electron chi connectivity index (χ1n) is 9.96. The van der Waals surface area contributed by atoms with Crippen molar-refractivity contribution < 1.29 is 18.7 Å². The molecule has 1 fully saturated rings. The van der Waals surface area contributed by atoms with Crippen molar-refractivity contribution in [3.63, 3.8) is 0 Å². The van der Waals surface area contributed by atoms with E-state index in [0.717, 1.165) is 25.7 Å². The quantitative estimate of drug-likeness (QED) is 0.797.